The maximum absolute atomic E-state index is 13.8. The van der Waals surface area contributed by atoms with E-state index in [2.05, 4.69) is 5.32 Å². The summed E-state index contributed by atoms with van der Waals surface area (Å²) >= 11 is 5.66. The highest BCUT2D eigenvalue weighted by Crippen LogP contribution is 2.20. The zero-order chi connectivity index (χ0) is 19.6. The molecule has 1 amide bonds. The maximum Gasteiger partial charge on any atom is 0.251 e. The monoisotopic (exact) mass is 413 g/mol. The molecule has 1 fully saturated rings. The van der Waals surface area contributed by atoms with E-state index in [1.54, 1.807) is 0 Å². The molecule has 0 unspecified atom stereocenters. The molecule has 1 aromatic heterocycles. The molecule has 0 bridgehead atoms. The molecule has 2 heterocycles. The molecule has 3 rings (SSSR count). The van der Waals surface area contributed by atoms with Crippen molar-refractivity contribution in [2.24, 2.45) is 0 Å². The number of aromatic nitrogens is 1. The van der Waals surface area contributed by atoms with Crippen LogP contribution in [0.2, 0.25) is 5.02 Å². The van der Waals surface area contributed by atoms with E-state index < -0.39 is 33.9 Å². The fourth-order valence-corrected chi connectivity index (χ4v) is 4.49. The number of benzene rings is 1. The number of sulfonamides is 1. The van der Waals surface area contributed by atoms with E-state index in [4.69, 9.17) is 11.6 Å². The topological polar surface area (TPSA) is 88.5 Å². The number of carbonyl (C=O) groups is 1. The molecule has 0 aliphatic carbocycles. The Balaban J connectivity index is 1.80. The number of hydrogen-bond donors (Lipinski definition) is 1. The SMILES string of the molecule is O=C(Cn1cc(S(=O)(=O)N2CCCC2)ccc1=O)Nc1ccc(Cl)cc1F. The fourth-order valence-electron chi connectivity index (χ4n) is 2.80. The molecule has 0 radical (unpaired) electrons. The lowest BCUT2D eigenvalue weighted by Gasteiger charge is -2.16. The minimum atomic E-state index is -3.72. The third-order valence-electron chi connectivity index (χ3n) is 4.18. The lowest BCUT2D eigenvalue weighted by molar-refractivity contribution is -0.116. The van der Waals surface area contributed by atoms with Crippen LogP contribution < -0.4 is 10.9 Å². The van der Waals surface area contributed by atoms with E-state index in [0.29, 0.717) is 13.1 Å². The Morgan fingerprint density at radius 2 is 1.89 bits per heavy atom. The van der Waals surface area contributed by atoms with E-state index in [0.717, 1.165) is 35.7 Å². The van der Waals surface area contributed by atoms with Crippen molar-refractivity contribution in [1.29, 1.82) is 0 Å². The predicted molar refractivity (Wildman–Crippen MR) is 98.7 cm³/mol. The largest absolute Gasteiger partial charge is 0.322 e. The zero-order valence-corrected chi connectivity index (χ0v) is 15.8. The second-order valence-electron chi connectivity index (χ2n) is 6.11. The molecule has 1 N–H and O–H groups in total. The van der Waals surface area contributed by atoms with Crippen molar-refractivity contribution in [3.8, 4) is 0 Å². The Hall–Kier alpha value is -2.23. The molecule has 1 saturated heterocycles. The maximum atomic E-state index is 13.8. The van der Waals surface area contributed by atoms with Gasteiger partial charge in [0.25, 0.3) is 5.56 Å². The van der Waals surface area contributed by atoms with Gasteiger partial charge in [-0.15, -0.1) is 0 Å². The molecular weight excluding hydrogens is 397 g/mol. The Morgan fingerprint density at radius 1 is 1.19 bits per heavy atom. The van der Waals surface area contributed by atoms with Crippen molar-refractivity contribution in [3.63, 3.8) is 0 Å². The first kappa shape index (κ1) is 19.5. The average molecular weight is 414 g/mol. The summed E-state index contributed by atoms with van der Waals surface area (Å²) in [5, 5.41) is 2.52. The Bertz CT molecular complexity index is 1030. The van der Waals surface area contributed by atoms with E-state index >= 15 is 0 Å². The van der Waals surface area contributed by atoms with Crippen molar-refractivity contribution in [1.82, 2.24) is 8.87 Å². The summed E-state index contributed by atoms with van der Waals surface area (Å²) in [4.78, 5) is 24.1. The number of pyridine rings is 1. The minimum Gasteiger partial charge on any atom is -0.322 e. The second-order valence-corrected chi connectivity index (χ2v) is 8.49. The third-order valence-corrected chi connectivity index (χ3v) is 6.30. The highest BCUT2D eigenvalue weighted by Gasteiger charge is 2.27. The first-order valence-electron chi connectivity index (χ1n) is 8.23. The number of amides is 1. The predicted octanol–water partition coefficient (Wildman–Crippen LogP) is 2.06. The molecule has 27 heavy (non-hydrogen) atoms. The van der Waals surface area contributed by atoms with E-state index in [-0.39, 0.29) is 15.6 Å². The molecule has 0 saturated carbocycles. The van der Waals surface area contributed by atoms with Crippen molar-refractivity contribution in [3.05, 3.63) is 57.7 Å². The number of anilines is 1. The molecule has 10 heteroatoms. The van der Waals surface area contributed by atoms with Gasteiger partial charge in [-0.3, -0.25) is 9.59 Å². The van der Waals surface area contributed by atoms with Gasteiger partial charge in [-0.2, -0.15) is 4.31 Å². The lowest BCUT2D eigenvalue weighted by atomic mass is 10.3. The zero-order valence-electron chi connectivity index (χ0n) is 14.2. The van der Waals surface area contributed by atoms with Gasteiger partial charge in [-0.25, -0.2) is 12.8 Å². The summed E-state index contributed by atoms with van der Waals surface area (Å²) in [7, 11) is -3.72. The smallest absolute Gasteiger partial charge is 0.251 e. The Kier molecular flexibility index (Phi) is 5.64. The summed E-state index contributed by atoms with van der Waals surface area (Å²) in [5.41, 5.74) is -0.625. The van der Waals surface area contributed by atoms with Gasteiger partial charge in [-0.05, 0) is 37.1 Å². The fraction of sp³-hybridized carbons (Fsp3) is 0.294. The molecule has 7 nitrogen and oxygen atoms in total. The van der Waals surface area contributed by atoms with Crippen LogP contribution in [0.1, 0.15) is 12.8 Å². The highest BCUT2D eigenvalue weighted by atomic mass is 35.5. The number of rotatable bonds is 5. The summed E-state index contributed by atoms with van der Waals surface area (Å²) in [6.45, 7) is 0.403. The minimum absolute atomic E-state index is 0.0607. The first-order valence-corrected chi connectivity index (χ1v) is 10.0. The van der Waals surface area contributed by atoms with E-state index in [1.165, 1.54) is 22.5 Å². The molecule has 0 atom stereocenters. The molecule has 1 aromatic carbocycles. The van der Waals surface area contributed by atoms with Crippen molar-refractivity contribution < 1.29 is 17.6 Å². The Labute approximate surface area is 160 Å². The summed E-state index contributed by atoms with van der Waals surface area (Å²) in [6.07, 6.45) is 2.70. The van der Waals surface area contributed by atoms with Crippen LogP contribution in [0.5, 0.6) is 0 Å². The number of carbonyl (C=O) groups excluding carboxylic acids is 1. The number of halogens is 2. The van der Waals surface area contributed by atoms with Crippen LogP contribution in [0.15, 0.2) is 46.2 Å². The standard InChI is InChI=1S/C17H17ClFN3O4S/c18-12-3-5-15(14(19)9-12)20-16(23)11-21-10-13(4-6-17(21)24)27(25,26)22-7-1-2-8-22/h3-6,9-10H,1-2,7-8,11H2,(H,20,23). The molecule has 2 aromatic rings. The number of nitrogens with zero attached hydrogens (tertiary/aromatic N) is 2. The van der Waals surface area contributed by atoms with Gasteiger partial charge in [0, 0.05) is 30.4 Å². The normalized spacial score (nSPS) is 15.0. The van der Waals surface area contributed by atoms with Crippen molar-refractivity contribution in [2.45, 2.75) is 24.3 Å². The van der Waals surface area contributed by atoms with Gasteiger partial charge in [0.05, 0.1) is 10.6 Å². The molecule has 0 spiro atoms. The number of hydrogen-bond acceptors (Lipinski definition) is 4. The van der Waals surface area contributed by atoms with Crippen LogP contribution in [0.3, 0.4) is 0 Å². The molecule has 1 aliphatic rings. The van der Waals surface area contributed by atoms with Crippen molar-refractivity contribution in [2.75, 3.05) is 18.4 Å². The molecule has 1 aliphatic heterocycles. The quantitative estimate of drug-likeness (QED) is 0.812. The van der Waals surface area contributed by atoms with E-state index in [9.17, 15) is 22.4 Å². The van der Waals surface area contributed by atoms with Gasteiger partial charge in [0.1, 0.15) is 12.4 Å². The summed E-state index contributed by atoms with van der Waals surface area (Å²) < 4.78 is 41.3. The summed E-state index contributed by atoms with van der Waals surface area (Å²) in [6, 6.07) is 6.08. The van der Waals surface area contributed by atoms with Gasteiger partial charge in [0.2, 0.25) is 15.9 Å². The molecular formula is C17H17ClFN3O4S. The second kappa shape index (κ2) is 7.79. The lowest BCUT2D eigenvalue weighted by Crippen LogP contribution is -2.31. The van der Waals surface area contributed by atoms with Crippen LogP contribution >= 0.6 is 11.6 Å². The molecule has 144 valence electrons. The Morgan fingerprint density at radius 3 is 2.56 bits per heavy atom. The van der Waals surface area contributed by atoms with Crippen LogP contribution in [0, 0.1) is 5.82 Å². The summed E-state index contributed by atoms with van der Waals surface area (Å²) in [5.74, 6) is -1.39. The third kappa shape index (κ3) is 4.37. The first-order chi connectivity index (χ1) is 12.8. The van der Waals surface area contributed by atoms with Crippen LogP contribution in [-0.4, -0.2) is 36.3 Å². The van der Waals surface area contributed by atoms with Gasteiger partial charge >= 0.3 is 0 Å². The van der Waals surface area contributed by atoms with Crippen molar-refractivity contribution >= 4 is 33.2 Å². The van der Waals surface area contributed by atoms with E-state index in [1.807, 2.05) is 0 Å². The number of nitrogens with one attached hydrogen (secondary N) is 1. The van der Waals surface area contributed by atoms with Crippen LogP contribution in [0.4, 0.5) is 10.1 Å². The van der Waals surface area contributed by atoms with Crippen LogP contribution in [0.25, 0.3) is 0 Å². The van der Waals surface area contributed by atoms with Gasteiger partial charge < -0.3 is 9.88 Å². The van der Waals surface area contributed by atoms with Gasteiger partial charge in [-0.1, -0.05) is 11.6 Å². The van der Waals surface area contributed by atoms with Crippen LogP contribution in [-0.2, 0) is 21.4 Å². The highest BCUT2D eigenvalue weighted by molar-refractivity contribution is 7.89. The van der Waals surface area contributed by atoms with Gasteiger partial charge in [0.15, 0.2) is 0 Å². The average Bonchev–Trinajstić information content (AvgIpc) is 3.15.